The molecule has 0 spiro atoms. The number of hydrogen-bond acceptors (Lipinski definition) is 4. The van der Waals surface area contributed by atoms with Crippen molar-refractivity contribution in [3.63, 3.8) is 0 Å². The molecule has 0 aliphatic carbocycles. The highest BCUT2D eigenvalue weighted by Gasteiger charge is 2.13. The second-order valence-electron chi connectivity index (χ2n) is 3.57. The maximum absolute atomic E-state index is 10.5. The third-order valence-electron chi connectivity index (χ3n) is 1.97. The van der Waals surface area contributed by atoms with Gasteiger partial charge in [0.1, 0.15) is 6.79 Å². The van der Waals surface area contributed by atoms with Gasteiger partial charge in [-0.15, -0.1) is 0 Å². The molecule has 0 rings (SSSR count). The highest BCUT2D eigenvalue weighted by Crippen LogP contribution is 2.10. The molecule has 0 fully saturated rings. The highest BCUT2D eigenvalue weighted by atomic mass is 16.7. The molecule has 90 valence electrons. The molecule has 0 heterocycles. The minimum absolute atomic E-state index is 0.0246. The van der Waals surface area contributed by atoms with E-state index in [1.54, 1.807) is 6.92 Å². The van der Waals surface area contributed by atoms with E-state index in [-0.39, 0.29) is 25.4 Å². The van der Waals surface area contributed by atoms with Gasteiger partial charge in [-0.2, -0.15) is 0 Å². The Kier molecular flexibility index (Phi) is 8.27. The molecule has 0 saturated carbocycles. The van der Waals surface area contributed by atoms with Crippen LogP contribution in [0, 0.1) is 0 Å². The molecule has 5 nitrogen and oxygen atoms in total. The summed E-state index contributed by atoms with van der Waals surface area (Å²) in [6, 6.07) is 0. The Hall–Kier alpha value is -0.650. The van der Waals surface area contributed by atoms with Crippen molar-refractivity contribution in [1.82, 2.24) is 0 Å². The van der Waals surface area contributed by atoms with E-state index in [1.807, 2.05) is 0 Å². The Morgan fingerprint density at radius 2 is 2.07 bits per heavy atom. The van der Waals surface area contributed by atoms with Gasteiger partial charge in [-0.3, -0.25) is 4.79 Å². The zero-order valence-electron chi connectivity index (χ0n) is 9.31. The fourth-order valence-corrected chi connectivity index (χ4v) is 1.24. The van der Waals surface area contributed by atoms with Crippen LogP contribution in [-0.4, -0.2) is 42.3 Å². The van der Waals surface area contributed by atoms with E-state index in [0.29, 0.717) is 12.8 Å². The molecule has 0 radical (unpaired) electrons. The summed E-state index contributed by atoms with van der Waals surface area (Å²) in [4.78, 5) is 10.5. The molecule has 2 atom stereocenters. The van der Waals surface area contributed by atoms with Crippen LogP contribution in [0.15, 0.2) is 0 Å². The van der Waals surface area contributed by atoms with Crippen molar-refractivity contribution in [1.29, 1.82) is 0 Å². The van der Waals surface area contributed by atoms with Crippen LogP contribution in [0.2, 0.25) is 0 Å². The third-order valence-corrected chi connectivity index (χ3v) is 1.97. The Balaban J connectivity index is 3.73. The largest absolute Gasteiger partial charge is 0.481 e. The fraction of sp³-hybridized carbons (Fsp3) is 0.900. The lowest BCUT2D eigenvalue weighted by Crippen LogP contribution is -2.19. The zero-order chi connectivity index (χ0) is 11.7. The molecule has 0 aliphatic rings. The number of methoxy groups -OCH3 is 1. The summed E-state index contributed by atoms with van der Waals surface area (Å²) >= 11 is 0. The Morgan fingerprint density at radius 3 is 2.53 bits per heavy atom. The van der Waals surface area contributed by atoms with Gasteiger partial charge in [0.25, 0.3) is 0 Å². The lowest BCUT2D eigenvalue weighted by molar-refractivity contribution is -0.143. The van der Waals surface area contributed by atoms with Crippen LogP contribution in [0.1, 0.15) is 32.6 Å². The summed E-state index contributed by atoms with van der Waals surface area (Å²) in [6.07, 6.45) is 1.33. The van der Waals surface area contributed by atoms with Crippen LogP contribution >= 0.6 is 0 Å². The second kappa shape index (κ2) is 8.64. The van der Waals surface area contributed by atoms with Crippen molar-refractivity contribution in [2.75, 3.05) is 13.9 Å². The van der Waals surface area contributed by atoms with Crippen molar-refractivity contribution in [2.24, 2.45) is 0 Å². The molecule has 0 bridgehead atoms. The Labute approximate surface area is 90.0 Å². The van der Waals surface area contributed by atoms with Gasteiger partial charge in [0.15, 0.2) is 0 Å². The van der Waals surface area contributed by atoms with Gasteiger partial charge < -0.3 is 19.7 Å². The van der Waals surface area contributed by atoms with E-state index in [9.17, 15) is 4.79 Å². The van der Waals surface area contributed by atoms with Crippen molar-refractivity contribution >= 4 is 5.97 Å². The molecule has 0 amide bonds. The van der Waals surface area contributed by atoms with Gasteiger partial charge >= 0.3 is 5.97 Å². The predicted octanol–water partition coefficient (Wildman–Crippen LogP) is 1.00. The second-order valence-corrected chi connectivity index (χ2v) is 3.57. The average molecular weight is 220 g/mol. The minimum atomic E-state index is -0.881. The molecule has 0 aromatic carbocycles. The fourth-order valence-electron chi connectivity index (χ4n) is 1.24. The monoisotopic (exact) mass is 220 g/mol. The summed E-state index contributed by atoms with van der Waals surface area (Å²) in [6.45, 7) is 1.81. The summed E-state index contributed by atoms with van der Waals surface area (Å²) < 4.78 is 9.92. The Bertz CT molecular complexity index is 169. The van der Waals surface area contributed by atoms with E-state index >= 15 is 0 Å². The standard InChI is InChI=1S/C10H20O5/c1-8(11)4-3-5-9(6-10(12)13)15-7-14-2/h8-9,11H,3-7H2,1-2H3,(H,12,13)/t8-,9+/m0/s1. The van der Waals surface area contributed by atoms with E-state index in [1.165, 1.54) is 7.11 Å². The summed E-state index contributed by atoms with van der Waals surface area (Å²) in [5.41, 5.74) is 0. The number of ether oxygens (including phenoxy) is 2. The highest BCUT2D eigenvalue weighted by molar-refractivity contribution is 5.67. The number of carbonyl (C=O) groups is 1. The summed E-state index contributed by atoms with van der Waals surface area (Å²) in [5.74, 6) is -0.881. The molecular formula is C10H20O5. The molecule has 2 N–H and O–H groups in total. The maximum atomic E-state index is 10.5. The van der Waals surface area contributed by atoms with Crippen LogP contribution in [-0.2, 0) is 14.3 Å². The molecule has 0 aromatic heterocycles. The smallest absolute Gasteiger partial charge is 0.305 e. The predicted molar refractivity (Wildman–Crippen MR) is 54.5 cm³/mol. The van der Waals surface area contributed by atoms with Gasteiger partial charge in [-0.1, -0.05) is 0 Å². The number of aliphatic hydroxyl groups is 1. The van der Waals surface area contributed by atoms with Gasteiger partial charge in [0, 0.05) is 7.11 Å². The first kappa shape index (κ1) is 14.3. The van der Waals surface area contributed by atoms with E-state index in [2.05, 4.69) is 0 Å². The molecule has 5 heteroatoms. The minimum Gasteiger partial charge on any atom is -0.481 e. The van der Waals surface area contributed by atoms with Crippen LogP contribution in [0.4, 0.5) is 0 Å². The number of carboxylic acid groups (broad SMARTS) is 1. The number of rotatable bonds is 9. The first-order valence-electron chi connectivity index (χ1n) is 5.06. The summed E-state index contributed by atoms with van der Waals surface area (Å²) in [5, 5.41) is 17.7. The number of aliphatic carboxylic acids is 1. The quantitative estimate of drug-likeness (QED) is 0.567. The average Bonchev–Trinajstić information content (AvgIpc) is 2.12. The van der Waals surface area contributed by atoms with Gasteiger partial charge in [0.2, 0.25) is 0 Å². The molecular weight excluding hydrogens is 200 g/mol. The molecule has 0 unspecified atom stereocenters. The molecule has 0 aliphatic heterocycles. The van der Waals surface area contributed by atoms with Crippen LogP contribution in [0.5, 0.6) is 0 Å². The lowest BCUT2D eigenvalue weighted by atomic mass is 10.1. The van der Waals surface area contributed by atoms with E-state index < -0.39 is 5.97 Å². The van der Waals surface area contributed by atoms with Crippen molar-refractivity contribution in [2.45, 2.75) is 44.8 Å². The lowest BCUT2D eigenvalue weighted by Gasteiger charge is -2.15. The van der Waals surface area contributed by atoms with Crippen LogP contribution in [0.3, 0.4) is 0 Å². The molecule has 0 aromatic rings. The summed E-state index contributed by atoms with van der Waals surface area (Å²) in [7, 11) is 1.49. The van der Waals surface area contributed by atoms with Crippen molar-refractivity contribution in [3.05, 3.63) is 0 Å². The number of carboxylic acids is 1. The van der Waals surface area contributed by atoms with E-state index in [0.717, 1.165) is 6.42 Å². The molecule has 15 heavy (non-hydrogen) atoms. The SMILES string of the molecule is COCO[C@H](CCC[C@H](C)O)CC(=O)O. The van der Waals surface area contributed by atoms with Crippen molar-refractivity contribution in [3.8, 4) is 0 Å². The van der Waals surface area contributed by atoms with Gasteiger partial charge in [-0.25, -0.2) is 0 Å². The van der Waals surface area contributed by atoms with Gasteiger partial charge in [0.05, 0.1) is 18.6 Å². The van der Waals surface area contributed by atoms with Crippen LogP contribution < -0.4 is 0 Å². The Morgan fingerprint density at radius 1 is 1.40 bits per heavy atom. The third kappa shape index (κ3) is 9.65. The maximum Gasteiger partial charge on any atom is 0.305 e. The van der Waals surface area contributed by atoms with Crippen molar-refractivity contribution < 1.29 is 24.5 Å². The van der Waals surface area contributed by atoms with E-state index in [4.69, 9.17) is 19.7 Å². The zero-order valence-corrected chi connectivity index (χ0v) is 9.31. The number of aliphatic hydroxyl groups excluding tert-OH is 1. The van der Waals surface area contributed by atoms with Gasteiger partial charge in [-0.05, 0) is 26.2 Å². The first-order chi connectivity index (χ1) is 7.06. The normalized spacial score (nSPS) is 14.9. The topological polar surface area (TPSA) is 76.0 Å². The number of hydrogen-bond donors (Lipinski definition) is 2. The van der Waals surface area contributed by atoms with Crippen LogP contribution in [0.25, 0.3) is 0 Å². The molecule has 0 saturated heterocycles. The first-order valence-corrected chi connectivity index (χ1v) is 5.06.